The molecular weight excluding hydrogens is 224 g/mol. The summed E-state index contributed by atoms with van der Waals surface area (Å²) in [4.78, 5) is 3.96. The highest BCUT2D eigenvalue weighted by Gasteiger charge is 2.33. The van der Waals surface area contributed by atoms with Crippen molar-refractivity contribution in [2.75, 3.05) is 12.3 Å². The van der Waals surface area contributed by atoms with Crippen LogP contribution in [0.2, 0.25) is 0 Å². The van der Waals surface area contributed by atoms with Crippen molar-refractivity contribution < 1.29 is 8.42 Å². The fourth-order valence-corrected chi connectivity index (χ4v) is 3.51. The molecule has 0 saturated carbocycles. The molecule has 0 spiro atoms. The lowest BCUT2D eigenvalue weighted by molar-refractivity contribution is 0.397. The van der Waals surface area contributed by atoms with Crippen molar-refractivity contribution in [2.45, 2.75) is 25.8 Å². The molecule has 1 saturated heterocycles. The molecule has 1 fully saturated rings. The van der Waals surface area contributed by atoms with Crippen molar-refractivity contribution in [3.05, 3.63) is 30.1 Å². The second-order valence-electron chi connectivity index (χ2n) is 3.95. The molecule has 0 radical (unpaired) electrons. The first-order valence-corrected chi connectivity index (χ1v) is 7.15. The van der Waals surface area contributed by atoms with Gasteiger partial charge < -0.3 is 0 Å². The molecule has 2 heterocycles. The summed E-state index contributed by atoms with van der Waals surface area (Å²) in [6.45, 7) is 2.33. The minimum atomic E-state index is -3.08. The lowest BCUT2D eigenvalue weighted by Gasteiger charge is -2.23. The Labute approximate surface area is 96.4 Å². The minimum absolute atomic E-state index is 0.00736. The van der Waals surface area contributed by atoms with Gasteiger partial charge in [-0.1, -0.05) is 0 Å². The molecule has 0 aromatic carbocycles. The number of hydrogen-bond acceptors (Lipinski definition) is 3. The monoisotopic (exact) mass is 240 g/mol. The average molecular weight is 240 g/mol. The van der Waals surface area contributed by atoms with Crippen molar-refractivity contribution in [3.63, 3.8) is 0 Å². The molecule has 5 heteroatoms. The summed E-state index contributed by atoms with van der Waals surface area (Å²) in [5.41, 5.74) is 1.05. The molecule has 88 valence electrons. The van der Waals surface area contributed by atoms with Gasteiger partial charge in [-0.25, -0.2) is 8.42 Å². The molecule has 0 bridgehead atoms. The molecule has 0 aliphatic carbocycles. The lowest BCUT2D eigenvalue weighted by atomic mass is 10.1. The Bertz CT molecular complexity index is 444. The lowest BCUT2D eigenvalue weighted by Crippen LogP contribution is -2.31. The van der Waals surface area contributed by atoms with Crippen LogP contribution >= 0.6 is 0 Å². The van der Waals surface area contributed by atoms with Gasteiger partial charge in [0.05, 0.1) is 5.75 Å². The van der Waals surface area contributed by atoms with Gasteiger partial charge in [-0.3, -0.25) is 4.98 Å². The SMILES string of the molecule is CCS(=O)(=O)N1CCCC1c1ccncc1. The molecule has 2 rings (SSSR count). The third-order valence-electron chi connectivity index (χ3n) is 3.02. The maximum atomic E-state index is 11.9. The molecule has 0 amide bonds. The zero-order chi connectivity index (χ0) is 11.6. The summed E-state index contributed by atoms with van der Waals surface area (Å²) in [7, 11) is -3.08. The summed E-state index contributed by atoms with van der Waals surface area (Å²) in [6, 6.07) is 3.80. The first-order chi connectivity index (χ1) is 7.65. The van der Waals surface area contributed by atoms with Crippen LogP contribution in [-0.2, 0) is 10.0 Å². The minimum Gasteiger partial charge on any atom is -0.265 e. The largest absolute Gasteiger partial charge is 0.265 e. The first-order valence-electron chi connectivity index (χ1n) is 5.54. The van der Waals surface area contributed by atoms with E-state index in [1.807, 2.05) is 12.1 Å². The second kappa shape index (κ2) is 4.51. The van der Waals surface area contributed by atoms with E-state index in [1.54, 1.807) is 23.6 Å². The normalized spacial score (nSPS) is 22.4. The van der Waals surface area contributed by atoms with Crippen LogP contribution in [0.4, 0.5) is 0 Å². The Kier molecular flexibility index (Phi) is 3.25. The van der Waals surface area contributed by atoms with Crippen LogP contribution in [0.5, 0.6) is 0 Å². The fourth-order valence-electron chi connectivity index (χ4n) is 2.16. The summed E-state index contributed by atoms with van der Waals surface area (Å²) in [5, 5.41) is 0. The molecule has 1 aromatic heterocycles. The average Bonchev–Trinajstić information content (AvgIpc) is 2.80. The van der Waals surface area contributed by atoms with Gasteiger partial charge in [-0.2, -0.15) is 4.31 Å². The van der Waals surface area contributed by atoms with E-state index in [4.69, 9.17) is 0 Å². The molecule has 1 aliphatic rings. The summed E-state index contributed by atoms with van der Waals surface area (Å²) >= 11 is 0. The maximum absolute atomic E-state index is 11.9. The van der Waals surface area contributed by atoms with Crippen LogP contribution in [0, 0.1) is 0 Å². The van der Waals surface area contributed by atoms with Gasteiger partial charge >= 0.3 is 0 Å². The van der Waals surface area contributed by atoms with E-state index < -0.39 is 10.0 Å². The Morgan fingerprint density at radius 1 is 1.44 bits per heavy atom. The maximum Gasteiger partial charge on any atom is 0.214 e. The van der Waals surface area contributed by atoms with Gasteiger partial charge in [-0.05, 0) is 37.5 Å². The van der Waals surface area contributed by atoms with E-state index in [0.29, 0.717) is 6.54 Å². The Hall–Kier alpha value is -0.940. The number of hydrogen-bond donors (Lipinski definition) is 0. The number of sulfonamides is 1. The van der Waals surface area contributed by atoms with E-state index in [1.165, 1.54) is 0 Å². The molecule has 16 heavy (non-hydrogen) atoms. The third kappa shape index (κ3) is 2.10. The van der Waals surface area contributed by atoms with Gasteiger partial charge in [-0.15, -0.1) is 0 Å². The van der Waals surface area contributed by atoms with Crippen LogP contribution in [0.25, 0.3) is 0 Å². The van der Waals surface area contributed by atoms with Crippen molar-refractivity contribution in [1.29, 1.82) is 0 Å². The predicted octanol–water partition coefficient (Wildman–Crippen LogP) is 1.57. The molecule has 1 unspecified atom stereocenters. The topological polar surface area (TPSA) is 50.3 Å². The van der Waals surface area contributed by atoms with Crippen molar-refractivity contribution in [2.24, 2.45) is 0 Å². The molecular formula is C11H16N2O2S. The molecule has 1 aromatic rings. The number of rotatable bonds is 3. The van der Waals surface area contributed by atoms with Crippen LogP contribution in [0.3, 0.4) is 0 Å². The highest BCUT2D eigenvalue weighted by molar-refractivity contribution is 7.89. The quantitative estimate of drug-likeness (QED) is 0.805. The first kappa shape index (κ1) is 11.5. The molecule has 1 atom stereocenters. The highest BCUT2D eigenvalue weighted by atomic mass is 32.2. The van der Waals surface area contributed by atoms with E-state index in [0.717, 1.165) is 18.4 Å². The van der Waals surface area contributed by atoms with E-state index in [2.05, 4.69) is 4.98 Å². The fraction of sp³-hybridized carbons (Fsp3) is 0.545. The highest BCUT2D eigenvalue weighted by Crippen LogP contribution is 2.33. The molecule has 1 aliphatic heterocycles. The summed E-state index contributed by atoms with van der Waals surface area (Å²) in [6.07, 6.45) is 5.27. The Morgan fingerprint density at radius 3 is 2.75 bits per heavy atom. The van der Waals surface area contributed by atoms with E-state index >= 15 is 0 Å². The van der Waals surface area contributed by atoms with Crippen LogP contribution in [-0.4, -0.2) is 30.0 Å². The van der Waals surface area contributed by atoms with Crippen LogP contribution < -0.4 is 0 Å². The van der Waals surface area contributed by atoms with E-state index in [-0.39, 0.29) is 11.8 Å². The Balaban J connectivity index is 2.29. The summed E-state index contributed by atoms with van der Waals surface area (Å²) in [5.74, 6) is 0.175. The van der Waals surface area contributed by atoms with Gasteiger partial charge in [0.25, 0.3) is 0 Å². The van der Waals surface area contributed by atoms with Gasteiger partial charge in [0.15, 0.2) is 0 Å². The third-order valence-corrected chi connectivity index (χ3v) is 4.90. The molecule has 0 N–H and O–H groups in total. The van der Waals surface area contributed by atoms with Gasteiger partial charge in [0, 0.05) is 25.0 Å². The smallest absolute Gasteiger partial charge is 0.214 e. The zero-order valence-electron chi connectivity index (χ0n) is 9.33. The van der Waals surface area contributed by atoms with Gasteiger partial charge in [0.1, 0.15) is 0 Å². The number of nitrogens with zero attached hydrogens (tertiary/aromatic N) is 2. The second-order valence-corrected chi connectivity index (χ2v) is 6.16. The number of pyridine rings is 1. The van der Waals surface area contributed by atoms with Gasteiger partial charge in [0.2, 0.25) is 10.0 Å². The zero-order valence-corrected chi connectivity index (χ0v) is 10.2. The molecule has 4 nitrogen and oxygen atoms in total. The van der Waals surface area contributed by atoms with Crippen molar-refractivity contribution in [3.8, 4) is 0 Å². The standard InChI is InChI=1S/C11H16N2O2S/c1-2-16(14,15)13-9-3-4-11(13)10-5-7-12-8-6-10/h5-8,11H,2-4,9H2,1H3. The van der Waals surface area contributed by atoms with Crippen molar-refractivity contribution >= 4 is 10.0 Å². The van der Waals surface area contributed by atoms with Crippen LogP contribution in [0.1, 0.15) is 31.4 Å². The van der Waals surface area contributed by atoms with E-state index in [9.17, 15) is 8.42 Å². The number of aromatic nitrogens is 1. The van der Waals surface area contributed by atoms with Crippen LogP contribution in [0.15, 0.2) is 24.5 Å². The van der Waals surface area contributed by atoms with Crippen molar-refractivity contribution in [1.82, 2.24) is 9.29 Å². The summed E-state index contributed by atoms with van der Waals surface area (Å²) < 4.78 is 25.4. The Morgan fingerprint density at radius 2 is 2.12 bits per heavy atom. The predicted molar refractivity (Wildman–Crippen MR) is 62.4 cm³/mol.